The summed E-state index contributed by atoms with van der Waals surface area (Å²) in [4.78, 5) is 14.5. The molecule has 0 saturated carbocycles. The summed E-state index contributed by atoms with van der Waals surface area (Å²) < 4.78 is 0. The van der Waals surface area contributed by atoms with Gasteiger partial charge < -0.3 is 0 Å². The third-order valence-corrected chi connectivity index (χ3v) is 4.06. The van der Waals surface area contributed by atoms with Crippen molar-refractivity contribution in [2.45, 2.75) is 39.5 Å². The maximum atomic E-state index is 12.2. The first-order valence-electron chi connectivity index (χ1n) is 7.53. The third-order valence-electron chi connectivity index (χ3n) is 4.06. The number of likely N-dealkylation sites (tertiary alicyclic amines) is 1. The van der Waals surface area contributed by atoms with E-state index in [0.717, 1.165) is 37.4 Å². The van der Waals surface area contributed by atoms with Crippen LogP contribution in [0.3, 0.4) is 0 Å². The van der Waals surface area contributed by atoms with Gasteiger partial charge in [0.1, 0.15) is 0 Å². The predicted molar refractivity (Wildman–Crippen MR) is 79.6 cm³/mol. The van der Waals surface area contributed by atoms with Gasteiger partial charge in [0.2, 0.25) is 0 Å². The number of piperidine rings is 1. The molecule has 2 nitrogen and oxygen atoms in total. The zero-order valence-electron chi connectivity index (χ0n) is 12.2. The summed E-state index contributed by atoms with van der Waals surface area (Å²) >= 11 is 0. The summed E-state index contributed by atoms with van der Waals surface area (Å²) in [6.45, 7) is 7.20. The Kier molecular flexibility index (Phi) is 5.15. The molecule has 0 aliphatic carbocycles. The van der Waals surface area contributed by atoms with Crippen LogP contribution in [0.1, 0.15) is 49.0 Å². The first-order chi connectivity index (χ1) is 9.19. The fourth-order valence-electron chi connectivity index (χ4n) is 2.66. The molecule has 0 radical (unpaired) electrons. The lowest BCUT2D eigenvalue weighted by Crippen LogP contribution is -2.36. The van der Waals surface area contributed by atoms with Gasteiger partial charge in [-0.1, -0.05) is 44.5 Å². The van der Waals surface area contributed by atoms with Crippen LogP contribution >= 0.6 is 0 Å². The van der Waals surface area contributed by atoms with Crippen molar-refractivity contribution in [1.29, 1.82) is 0 Å². The molecule has 1 heterocycles. The summed E-state index contributed by atoms with van der Waals surface area (Å²) in [6.07, 6.45) is 4.70. The van der Waals surface area contributed by atoms with E-state index in [9.17, 15) is 4.79 Å². The number of hydrogen-bond acceptors (Lipinski definition) is 2. The van der Waals surface area contributed by atoms with Gasteiger partial charge in [-0.2, -0.15) is 0 Å². The summed E-state index contributed by atoms with van der Waals surface area (Å²) in [5.41, 5.74) is 2.18. The van der Waals surface area contributed by atoms with E-state index >= 15 is 0 Å². The van der Waals surface area contributed by atoms with Gasteiger partial charge in [-0.3, -0.25) is 9.69 Å². The number of carbonyl (C=O) groups is 1. The SMILES string of the molecule is CCCc1ccc(C(=O)CN2CCC(C)CC2)cc1. The topological polar surface area (TPSA) is 20.3 Å². The average molecular weight is 259 g/mol. The largest absolute Gasteiger partial charge is 0.296 e. The Hall–Kier alpha value is -1.15. The highest BCUT2D eigenvalue weighted by Crippen LogP contribution is 2.16. The van der Waals surface area contributed by atoms with Gasteiger partial charge >= 0.3 is 0 Å². The Morgan fingerprint density at radius 2 is 1.84 bits per heavy atom. The van der Waals surface area contributed by atoms with Crippen LogP contribution in [-0.4, -0.2) is 30.3 Å². The molecule has 1 aromatic carbocycles. The number of carbonyl (C=O) groups excluding carboxylic acids is 1. The first kappa shape index (κ1) is 14.3. The highest BCUT2D eigenvalue weighted by molar-refractivity contribution is 5.97. The van der Waals surface area contributed by atoms with Crippen LogP contribution < -0.4 is 0 Å². The van der Waals surface area contributed by atoms with Crippen molar-refractivity contribution in [2.75, 3.05) is 19.6 Å². The molecule has 1 aliphatic rings. The molecule has 0 bridgehead atoms. The lowest BCUT2D eigenvalue weighted by atomic mass is 9.98. The Morgan fingerprint density at radius 1 is 1.21 bits per heavy atom. The Balaban J connectivity index is 1.88. The maximum Gasteiger partial charge on any atom is 0.176 e. The van der Waals surface area contributed by atoms with Gasteiger partial charge in [0.05, 0.1) is 6.54 Å². The summed E-state index contributed by atoms with van der Waals surface area (Å²) in [5.74, 6) is 1.08. The number of rotatable bonds is 5. The molecule has 0 aromatic heterocycles. The standard InChI is InChI=1S/C17H25NO/c1-3-4-15-5-7-16(8-6-15)17(19)13-18-11-9-14(2)10-12-18/h5-8,14H,3-4,9-13H2,1-2H3. The molecule has 2 heteroatoms. The van der Waals surface area contributed by atoms with Gasteiger partial charge in [-0.15, -0.1) is 0 Å². The van der Waals surface area contributed by atoms with Crippen LogP contribution in [0.25, 0.3) is 0 Å². The highest BCUT2D eigenvalue weighted by atomic mass is 16.1. The van der Waals surface area contributed by atoms with E-state index in [1.807, 2.05) is 12.1 Å². The number of benzene rings is 1. The summed E-state index contributed by atoms with van der Waals surface area (Å²) in [6, 6.07) is 8.16. The quantitative estimate of drug-likeness (QED) is 0.754. The van der Waals surface area contributed by atoms with Crippen molar-refractivity contribution in [2.24, 2.45) is 5.92 Å². The zero-order chi connectivity index (χ0) is 13.7. The monoisotopic (exact) mass is 259 g/mol. The van der Waals surface area contributed by atoms with Crippen molar-refractivity contribution >= 4 is 5.78 Å². The minimum Gasteiger partial charge on any atom is -0.296 e. The zero-order valence-corrected chi connectivity index (χ0v) is 12.2. The minimum atomic E-state index is 0.262. The van der Waals surface area contributed by atoms with Gasteiger partial charge in [0, 0.05) is 5.56 Å². The van der Waals surface area contributed by atoms with Crippen LogP contribution in [0, 0.1) is 5.92 Å². The molecule has 1 aliphatic heterocycles. The van der Waals surface area contributed by atoms with Crippen LogP contribution in [-0.2, 0) is 6.42 Å². The van der Waals surface area contributed by atoms with Gasteiger partial charge in [0.25, 0.3) is 0 Å². The summed E-state index contributed by atoms with van der Waals surface area (Å²) in [5, 5.41) is 0. The lowest BCUT2D eigenvalue weighted by molar-refractivity contribution is 0.0900. The van der Waals surface area contributed by atoms with Gasteiger partial charge in [-0.25, -0.2) is 0 Å². The predicted octanol–water partition coefficient (Wildman–Crippen LogP) is 3.55. The molecular weight excluding hydrogens is 234 g/mol. The molecule has 19 heavy (non-hydrogen) atoms. The maximum absolute atomic E-state index is 12.2. The summed E-state index contributed by atoms with van der Waals surface area (Å²) in [7, 11) is 0. The molecule has 1 saturated heterocycles. The van der Waals surface area contributed by atoms with Crippen molar-refractivity contribution in [3.05, 3.63) is 35.4 Å². The number of aryl methyl sites for hydroxylation is 1. The Labute approximate surface area is 116 Å². The lowest BCUT2D eigenvalue weighted by Gasteiger charge is -2.29. The minimum absolute atomic E-state index is 0.262. The highest BCUT2D eigenvalue weighted by Gasteiger charge is 2.18. The average Bonchev–Trinajstić information content (AvgIpc) is 2.42. The van der Waals surface area contributed by atoms with Crippen molar-refractivity contribution in [3.63, 3.8) is 0 Å². The second-order valence-electron chi connectivity index (χ2n) is 5.83. The van der Waals surface area contributed by atoms with Crippen LogP contribution in [0.2, 0.25) is 0 Å². The number of ketones is 1. The van der Waals surface area contributed by atoms with Crippen molar-refractivity contribution < 1.29 is 4.79 Å². The fraction of sp³-hybridized carbons (Fsp3) is 0.588. The van der Waals surface area contributed by atoms with E-state index < -0.39 is 0 Å². The molecule has 0 amide bonds. The number of nitrogens with zero attached hydrogens (tertiary/aromatic N) is 1. The molecule has 0 atom stereocenters. The first-order valence-corrected chi connectivity index (χ1v) is 7.53. The van der Waals surface area contributed by atoms with E-state index in [0.29, 0.717) is 6.54 Å². The van der Waals surface area contributed by atoms with Crippen molar-refractivity contribution in [3.8, 4) is 0 Å². The molecular formula is C17H25NO. The van der Waals surface area contributed by atoms with Crippen LogP contribution in [0.15, 0.2) is 24.3 Å². The van der Waals surface area contributed by atoms with E-state index in [4.69, 9.17) is 0 Å². The van der Waals surface area contributed by atoms with Crippen LogP contribution in [0.4, 0.5) is 0 Å². The van der Waals surface area contributed by atoms with Gasteiger partial charge in [0.15, 0.2) is 5.78 Å². The van der Waals surface area contributed by atoms with Crippen molar-refractivity contribution in [1.82, 2.24) is 4.90 Å². The second kappa shape index (κ2) is 6.85. The molecule has 0 unspecified atom stereocenters. The molecule has 2 rings (SSSR count). The second-order valence-corrected chi connectivity index (χ2v) is 5.83. The van der Waals surface area contributed by atoms with E-state index in [1.165, 1.54) is 18.4 Å². The fourth-order valence-corrected chi connectivity index (χ4v) is 2.66. The molecule has 104 valence electrons. The third kappa shape index (κ3) is 4.17. The van der Waals surface area contributed by atoms with Crippen LogP contribution in [0.5, 0.6) is 0 Å². The van der Waals surface area contributed by atoms with E-state index in [2.05, 4.69) is 30.9 Å². The molecule has 0 spiro atoms. The number of Topliss-reactive ketones (excluding diaryl/α,β-unsaturated/α-hetero) is 1. The molecule has 1 fully saturated rings. The van der Waals surface area contributed by atoms with E-state index in [-0.39, 0.29) is 5.78 Å². The molecule has 1 aromatic rings. The van der Waals surface area contributed by atoms with E-state index in [1.54, 1.807) is 0 Å². The Bertz CT molecular complexity index is 402. The molecule has 0 N–H and O–H groups in total. The smallest absolute Gasteiger partial charge is 0.176 e. The number of hydrogen-bond donors (Lipinski definition) is 0. The van der Waals surface area contributed by atoms with Gasteiger partial charge in [-0.05, 0) is 43.8 Å². The Morgan fingerprint density at radius 3 is 2.42 bits per heavy atom. The normalized spacial score (nSPS) is 17.6.